The van der Waals surface area contributed by atoms with Crippen LogP contribution in [0.2, 0.25) is 0 Å². The maximum atomic E-state index is 5.37. The van der Waals surface area contributed by atoms with Crippen molar-refractivity contribution < 1.29 is 9.26 Å². The van der Waals surface area contributed by atoms with E-state index in [1.807, 2.05) is 25.1 Å². The lowest BCUT2D eigenvalue weighted by molar-refractivity contribution is 0.359. The lowest BCUT2D eigenvalue weighted by Gasteiger charge is -2.04. The fourth-order valence-electron chi connectivity index (χ4n) is 2.40. The van der Waals surface area contributed by atoms with Crippen LogP contribution in [0.5, 0.6) is 5.75 Å². The molecular formula is C14H17N3O2. The molecule has 19 heavy (non-hydrogen) atoms. The van der Waals surface area contributed by atoms with Gasteiger partial charge in [0.1, 0.15) is 5.75 Å². The van der Waals surface area contributed by atoms with Crippen LogP contribution in [0.15, 0.2) is 22.7 Å². The Bertz CT molecular complexity index is 574. The molecule has 1 unspecified atom stereocenters. The van der Waals surface area contributed by atoms with Gasteiger partial charge in [0.15, 0.2) is 0 Å². The summed E-state index contributed by atoms with van der Waals surface area (Å²) in [7, 11) is 1.67. The second kappa shape index (κ2) is 5.01. The molecule has 0 radical (unpaired) electrons. The van der Waals surface area contributed by atoms with E-state index in [2.05, 4.69) is 15.5 Å². The summed E-state index contributed by atoms with van der Waals surface area (Å²) in [6.07, 6.45) is 1.06. The van der Waals surface area contributed by atoms with Crippen LogP contribution in [0, 0.1) is 6.92 Å². The normalized spacial score (nSPS) is 18.7. The molecule has 2 aromatic rings. The van der Waals surface area contributed by atoms with Gasteiger partial charge < -0.3 is 14.6 Å². The third-order valence-electron chi connectivity index (χ3n) is 3.50. The van der Waals surface area contributed by atoms with Crippen molar-refractivity contribution in [3.63, 3.8) is 0 Å². The quantitative estimate of drug-likeness (QED) is 0.915. The Morgan fingerprint density at radius 1 is 1.42 bits per heavy atom. The van der Waals surface area contributed by atoms with Crippen molar-refractivity contribution in [2.45, 2.75) is 19.3 Å². The topological polar surface area (TPSA) is 60.2 Å². The number of methoxy groups -OCH3 is 1. The first-order chi connectivity index (χ1) is 9.28. The fourth-order valence-corrected chi connectivity index (χ4v) is 2.40. The van der Waals surface area contributed by atoms with Crippen molar-refractivity contribution in [3.8, 4) is 17.1 Å². The SMILES string of the molecule is COc1ccc(-c2noc(C3CCNC3)n2)cc1C. The Labute approximate surface area is 112 Å². The van der Waals surface area contributed by atoms with Gasteiger partial charge in [-0.15, -0.1) is 0 Å². The van der Waals surface area contributed by atoms with Crippen LogP contribution in [0.25, 0.3) is 11.4 Å². The minimum Gasteiger partial charge on any atom is -0.496 e. The maximum absolute atomic E-state index is 5.37. The summed E-state index contributed by atoms with van der Waals surface area (Å²) in [5.41, 5.74) is 2.02. The van der Waals surface area contributed by atoms with Crippen molar-refractivity contribution in [1.29, 1.82) is 0 Å². The van der Waals surface area contributed by atoms with Gasteiger partial charge >= 0.3 is 0 Å². The van der Waals surface area contributed by atoms with Crippen LogP contribution >= 0.6 is 0 Å². The molecule has 100 valence electrons. The Morgan fingerprint density at radius 2 is 2.32 bits per heavy atom. The highest BCUT2D eigenvalue weighted by Gasteiger charge is 2.23. The lowest BCUT2D eigenvalue weighted by Crippen LogP contribution is -2.08. The summed E-state index contributed by atoms with van der Waals surface area (Å²) < 4.78 is 10.6. The van der Waals surface area contributed by atoms with Gasteiger partial charge in [-0.2, -0.15) is 4.98 Å². The summed E-state index contributed by atoms with van der Waals surface area (Å²) in [6.45, 7) is 3.94. The Hall–Kier alpha value is -1.88. The van der Waals surface area contributed by atoms with Gasteiger partial charge in [-0.1, -0.05) is 5.16 Å². The second-order valence-electron chi connectivity index (χ2n) is 4.83. The summed E-state index contributed by atoms with van der Waals surface area (Å²) in [6, 6.07) is 5.89. The predicted octanol–water partition coefficient (Wildman–Crippen LogP) is 2.13. The van der Waals surface area contributed by atoms with Crippen molar-refractivity contribution in [1.82, 2.24) is 15.5 Å². The second-order valence-corrected chi connectivity index (χ2v) is 4.83. The zero-order valence-corrected chi connectivity index (χ0v) is 11.1. The molecule has 3 rings (SSSR count). The van der Waals surface area contributed by atoms with E-state index in [1.54, 1.807) is 7.11 Å². The molecule has 1 saturated heterocycles. The van der Waals surface area contributed by atoms with Crippen LogP contribution in [-0.4, -0.2) is 30.3 Å². The van der Waals surface area contributed by atoms with E-state index in [1.165, 1.54) is 0 Å². The zero-order valence-electron chi connectivity index (χ0n) is 11.1. The highest BCUT2D eigenvalue weighted by Crippen LogP contribution is 2.26. The number of rotatable bonds is 3. The third kappa shape index (κ3) is 2.33. The van der Waals surface area contributed by atoms with Gasteiger partial charge in [0, 0.05) is 12.1 Å². The van der Waals surface area contributed by atoms with E-state index in [4.69, 9.17) is 9.26 Å². The minimum atomic E-state index is 0.348. The number of nitrogens with zero attached hydrogens (tertiary/aromatic N) is 2. The third-order valence-corrected chi connectivity index (χ3v) is 3.50. The number of hydrogen-bond acceptors (Lipinski definition) is 5. The number of aromatic nitrogens is 2. The fraction of sp³-hybridized carbons (Fsp3) is 0.429. The van der Waals surface area contributed by atoms with Crippen molar-refractivity contribution in [3.05, 3.63) is 29.7 Å². The highest BCUT2D eigenvalue weighted by atomic mass is 16.5. The van der Waals surface area contributed by atoms with E-state index < -0.39 is 0 Å². The smallest absolute Gasteiger partial charge is 0.231 e. The minimum absolute atomic E-state index is 0.348. The molecule has 0 amide bonds. The molecule has 1 aliphatic heterocycles. The summed E-state index contributed by atoms with van der Waals surface area (Å²) in [5.74, 6) is 2.59. The molecule has 0 aliphatic carbocycles. The molecule has 1 aromatic heterocycles. The molecule has 1 N–H and O–H groups in total. The first kappa shape index (κ1) is 12.2. The van der Waals surface area contributed by atoms with Gasteiger partial charge in [-0.25, -0.2) is 0 Å². The average molecular weight is 259 g/mol. The summed E-state index contributed by atoms with van der Waals surface area (Å²) in [5, 5.41) is 7.37. The number of benzene rings is 1. The van der Waals surface area contributed by atoms with Gasteiger partial charge in [0.05, 0.1) is 13.0 Å². The molecule has 5 heteroatoms. The zero-order chi connectivity index (χ0) is 13.2. The number of nitrogens with one attached hydrogen (secondary N) is 1. The standard InChI is InChI=1S/C14H17N3O2/c1-9-7-10(3-4-12(9)18-2)13-16-14(19-17-13)11-5-6-15-8-11/h3-4,7,11,15H,5-6,8H2,1-2H3. The summed E-state index contributed by atoms with van der Waals surface area (Å²) >= 11 is 0. The molecule has 1 fully saturated rings. The predicted molar refractivity (Wildman–Crippen MR) is 71.3 cm³/mol. The van der Waals surface area contributed by atoms with Crippen LogP contribution in [0.1, 0.15) is 23.8 Å². The average Bonchev–Trinajstić information content (AvgIpc) is 3.09. The number of ether oxygens (including phenoxy) is 1. The van der Waals surface area contributed by atoms with Gasteiger partial charge in [-0.05, 0) is 43.7 Å². The van der Waals surface area contributed by atoms with Crippen LogP contribution in [-0.2, 0) is 0 Å². The molecule has 2 heterocycles. The Morgan fingerprint density at radius 3 is 3.00 bits per heavy atom. The highest BCUT2D eigenvalue weighted by molar-refractivity contribution is 5.58. The Balaban J connectivity index is 1.87. The van der Waals surface area contributed by atoms with E-state index in [-0.39, 0.29) is 0 Å². The molecule has 0 saturated carbocycles. The van der Waals surface area contributed by atoms with Crippen molar-refractivity contribution >= 4 is 0 Å². The summed E-state index contributed by atoms with van der Waals surface area (Å²) in [4.78, 5) is 4.50. The number of hydrogen-bond donors (Lipinski definition) is 1. The van der Waals surface area contributed by atoms with E-state index in [0.717, 1.165) is 42.3 Å². The molecule has 1 aromatic carbocycles. The monoisotopic (exact) mass is 259 g/mol. The van der Waals surface area contributed by atoms with Gasteiger partial charge in [0.25, 0.3) is 0 Å². The van der Waals surface area contributed by atoms with E-state index in [9.17, 15) is 0 Å². The van der Waals surface area contributed by atoms with Crippen LogP contribution in [0.4, 0.5) is 0 Å². The molecule has 0 bridgehead atoms. The van der Waals surface area contributed by atoms with Crippen LogP contribution < -0.4 is 10.1 Å². The van der Waals surface area contributed by atoms with Crippen LogP contribution in [0.3, 0.4) is 0 Å². The van der Waals surface area contributed by atoms with Crippen molar-refractivity contribution in [2.24, 2.45) is 0 Å². The van der Waals surface area contributed by atoms with E-state index in [0.29, 0.717) is 11.7 Å². The lowest BCUT2D eigenvalue weighted by atomic mass is 10.1. The number of aryl methyl sites for hydroxylation is 1. The molecule has 1 aliphatic rings. The first-order valence-electron chi connectivity index (χ1n) is 6.47. The molecule has 5 nitrogen and oxygen atoms in total. The first-order valence-corrected chi connectivity index (χ1v) is 6.47. The van der Waals surface area contributed by atoms with Crippen molar-refractivity contribution in [2.75, 3.05) is 20.2 Å². The molecule has 0 spiro atoms. The molecule has 1 atom stereocenters. The van der Waals surface area contributed by atoms with E-state index >= 15 is 0 Å². The Kier molecular flexibility index (Phi) is 3.21. The van der Waals surface area contributed by atoms with Gasteiger partial charge in [0.2, 0.25) is 11.7 Å². The van der Waals surface area contributed by atoms with Gasteiger partial charge in [-0.3, -0.25) is 0 Å². The molecular weight excluding hydrogens is 242 g/mol. The largest absolute Gasteiger partial charge is 0.496 e. The maximum Gasteiger partial charge on any atom is 0.231 e.